The summed E-state index contributed by atoms with van der Waals surface area (Å²) in [6.07, 6.45) is 5.19. The van der Waals surface area contributed by atoms with Gasteiger partial charge in [-0.3, -0.25) is 4.79 Å². The number of carbonyl (C=O) groups is 1. The second kappa shape index (κ2) is 11.5. The topological polar surface area (TPSA) is 119 Å². The molecule has 0 bridgehead atoms. The lowest BCUT2D eigenvalue weighted by molar-refractivity contribution is -0.130. The van der Waals surface area contributed by atoms with Crippen molar-refractivity contribution >= 4 is 40.2 Å². The van der Waals surface area contributed by atoms with Crippen molar-refractivity contribution in [2.24, 2.45) is 5.73 Å². The average Bonchev–Trinajstić information content (AvgIpc) is 3.39. The summed E-state index contributed by atoms with van der Waals surface area (Å²) in [6.45, 7) is 1.40. The van der Waals surface area contributed by atoms with E-state index in [1.807, 2.05) is 59.5 Å². The molecule has 3 aromatic heterocycles. The van der Waals surface area contributed by atoms with Gasteiger partial charge in [0, 0.05) is 53.9 Å². The Morgan fingerprint density at radius 1 is 1.14 bits per heavy atom. The number of likely N-dealkylation sites (tertiary alicyclic amines) is 1. The fourth-order valence-electron chi connectivity index (χ4n) is 3.87. The first kappa shape index (κ1) is 24.2. The van der Waals surface area contributed by atoms with Gasteiger partial charge in [-0.05, 0) is 37.1 Å². The molecular formula is C25H25N7O2S2. The normalized spacial score (nSPS) is 14.0. The van der Waals surface area contributed by atoms with Gasteiger partial charge in [-0.15, -0.1) is 0 Å². The zero-order valence-corrected chi connectivity index (χ0v) is 21.0. The largest absolute Gasteiger partial charge is 0.453 e. The molecule has 1 fully saturated rings. The molecule has 1 amide bonds. The van der Waals surface area contributed by atoms with Gasteiger partial charge in [0.1, 0.15) is 16.6 Å². The van der Waals surface area contributed by atoms with Crippen LogP contribution in [-0.4, -0.2) is 49.8 Å². The fraction of sp³-hybridized carbons (Fsp3) is 0.240. The second-order valence-corrected chi connectivity index (χ2v) is 9.99. The number of hydrogen-bond donors (Lipinski definition) is 2. The smallest absolute Gasteiger partial charge is 0.236 e. The van der Waals surface area contributed by atoms with Crippen LogP contribution in [0.15, 0.2) is 76.9 Å². The van der Waals surface area contributed by atoms with Gasteiger partial charge in [-0.25, -0.2) is 15.0 Å². The quantitative estimate of drug-likeness (QED) is 0.342. The predicted molar refractivity (Wildman–Crippen MR) is 140 cm³/mol. The Morgan fingerprint density at radius 3 is 2.69 bits per heavy atom. The molecule has 0 atom stereocenters. The summed E-state index contributed by atoms with van der Waals surface area (Å²) >= 11 is 2.80. The van der Waals surface area contributed by atoms with E-state index in [-0.39, 0.29) is 18.4 Å². The molecule has 184 valence electrons. The van der Waals surface area contributed by atoms with Crippen LogP contribution in [0.25, 0.3) is 0 Å². The summed E-state index contributed by atoms with van der Waals surface area (Å²) in [4.78, 5) is 28.3. The minimum Gasteiger partial charge on any atom is -0.453 e. The Morgan fingerprint density at radius 2 is 1.94 bits per heavy atom. The Kier molecular flexibility index (Phi) is 7.70. The van der Waals surface area contributed by atoms with E-state index >= 15 is 0 Å². The average molecular weight is 520 g/mol. The van der Waals surface area contributed by atoms with Crippen molar-refractivity contribution in [1.82, 2.24) is 24.2 Å². The number of nitrogens with two attached hydrogens (primary N) is 1. The first-order chi connectivity index (χ1) is 17.7. The summed E-state index contributed by atoms with van der Waals surface area (Å²) in [7, 11) is 0. The number of para-hydroxylation sites is 1. The molecule has 0 aliphatic carbocycles. The summed E-state index contributed by atoms with van der Waals surface area (Å²) < 4.78 is 10.8. The van der Waals surface area contributed by atoms with E-state index in [1.54, 1.807) is 12.4 Å². The molecule has 0 saturated carbocycles. The highest BCUT2D eigenvalue weighted by Crippen LogP contribution is 2.36. The Labute approximate surface area is 217 Å². The first-order valence-corrected chi connectivity index (χ1v) is 13.2. The van der Waals surface area contributed by atoms with Crippen molar-refractivity contribution < 1.29 is 9.53 Å². The van der Waals surface area contributed by atoms with E-state index in [0.717, 1.165) is 28.6 Å². The van der Waals surface area contributed by atoms with Gasteiger partial charge < -0.3 is 20.7 Å². The molecule has 1 aliphatic rings. The van der Waals surface area contributed by atoms with Crippen LogP contribution < -0.4 is 15.8 Å². The molecule has 9 nitrogen and oxygen atoms in total. The number of rotatable bonds is 8. The van der Waals surface area contributed by atoms with Crippen LogP contribution in [0.5, 0.6) is 11.5 Å². The lowest BCUT2D eigenvalue weighted by Crippen LogP contribution is -2.41. The molecule has 0 radical (unpaired) electrons. The van der Waals surface area contributed by atoms with Gasteiger partial charge in [0.15, 0.2) is 11.6 Å². The van der Waals surface area contributed by atoms with Crippen LogP contribution in [0.1, 0.15) is 24.6 Å². The molecule has 0 spiro atoms. The van der Waals surface area contributed by atoms with Crippen LogP contribution in [-0.2, 0) is 4.79 Å². The lowest BCUT2D eigenvalue weighted by Gasteiger charge is -2.30. The van der Waals surface area contributed by atoms with Crippen LogP contribution in [0.3, 0.4) is 0 Å². The highest BCUT2D eigenvalue weighted by Gasteiger charge is 2.26. The number of amides is 1. The number of piperidine rings is 1. The van der Waals surface area contributed by atoms with Crippen molar-refractivity contribution in [3.63, 3.8) is 0 Å². The van der Waals surface area contributed by atoms with Crippen LogP contribution in [0.4, 0.5) is 10.9 Å². The van der Waals surface area contributed by atoms with Crippen molar-refractivity contribution in [3.05, 3.63) is 72.8 Å². The number of hydrogen-bond acceptors (Lipinski definition) is 10. The van der Waals surface area contributed by atoms with Crippen molar-refractivity contribution in [3.8, 4) is 11.5 Å². The maximum Gasteiger partial charge on any atom is 0.236 e. The van der Waals surface area contributed by atoms with E-state index in [1.165, 1.54) is 23.3 Å². The molecule has 11 heteroatoms. The number of ether oxygens (including phenoxy) is 1. The SMILES string of the molecule is NCC(=O)N1CCC(c2nsc(Nc3ncc(Sc4ccccn4)cc3Oc3ccccc3)n2)CC1. The third kappa shape index (κ3) is 5.99. The van der Waals surface area contributed by atoms with Crippen molar-refractivity contribution in [1.29, 1.82) is 0 Å². The molecule has 0 unspecified atom stereocenters. The Bertz CT molecular complexity index is 1300. The summed E-state index contributed by atoms with van der Waals surface area (Å²) in [5, 5.41) is 4.80. The molecule has 1 aliphatic heterocycles. The monoisotopic (exact) mass is 519 g/mol. The number of nitrogens with one attached hydrogen (secondary N) is 1. The second-order valence-electron chi connectivity index (χ2n) is 8.14. The van der Waals surface area contributed by atoms with E-state index in [4.69, 9.17) is 15.5 Å². The molecule has 1 saturated heterocycles. The van der Waals surface area contributed by atoms with Gasteiger partial charge in [-0.1, -0.05) is 36.0 Å². The van der Waals surface area contributed by atoms with E-state index in [9.17, 15) is 4.79 Å². The molecule has 4 heterocycles. The predicted octanol–water partition coefficient (Wildman–Crippen LogP) is 4.68. The Hall–Kier alpha value is -3.54. The highest BCUT2D eigenvalue weighted by atomic mass is 32.2. The first-order valence-electron chi connectivity index (χ1n) is 11.6. The number of anilines is 2. The number of aromatic nitrogens is 4. The van der Waals surface area contributed by atoms with Crippen molar-refractivity contribution in [2.45, 2.75) is 28.7 Å². The fourth-order valence-corrected chi connectivity index (χ4v) is 5.29. The highest BCUT2D eigenvalue weighted by molar-refractivity contribution is 7.99. The molecule has 4 aromatic rings. The van der Waals surface area contributed by atoms with Crippen LogP contribution in [0.2, 0.25) is 0 Å². The maximum absolute atomic E-state index is 11.8. The minimum absolute atomic E-state index is 0.0104. The number of nitrogens with zero attached hydrogens (tertiary/aromatic N) is 5. The number of carbonyl (C=O) groups excluding carboxylic acids is 1. The lowest BCUT2D eigenvalue weighted by atomic mass is 9.96. The van der Waals surface area contributed by atoms with Gasteiger partial charge in [0.05, 0.1) is 6.54 Å². The van der Waals surface area contributed by atoms with Gasteiger partial charge in [0.25, 0.3) is 0 Å². The summed E-state index contributed by atoms with van der Waals surface area (Å²) in [5.74, 6) is 2.82. The third-order valence-corrected chi connectivity index (χ3v) is 7.27. The molecule has 1 aromatic carbocycles. The third-order valence-electron chi connectivity index (χ3n) is 5.71. The van der Waals surface area contributed by atoms with Crippen molar-refractivity contribution in [2.75, 3.05) is 25.0 Å². The van der Waals surface area contributed by atoms with E-state index in [0.29, 0.717) is 35.5 Å². The molecule has 36 heavy (non-hydrogen) atoms. The summed E-state index contributed by atoms with van der Waals surface area (Å²) in [6, 6.07) is 17.3. The maximum atomic E-state index is 11.8. The number of pyridine rings is 2. The van der Waals surface area contributed by atoms with Gasteiger partial charge >= 0.3 is 0 Å². The minimum atomic E-state index is -0.0104. The zero-order chi connectivity index (χ0) is 24.7. The van der Waals surface area contributed by atoms with E-state index < -0.39 is 0 Å². The molecular weight excluding hydrogens is 494 g/mol. The van der Waals surface area contributed by atoms with E-state index in [2.05, 4.69) is 19.7 Å². The molecule has 5 rings (SSSR count). The van der Waals surface area contributed by atoms with Crippen LogP contribution >= 0.6 is 23.3 Å². The molecule has 3 N–H and O–H groups in total. The van der Waals surface area contributed by atoms with Gasteiger partial charge in [0.2, 0.25) is 11.0 Å². The summed E-state index contributed by atoms with van der Waals surface area (Å²) in [5.41, 5.74) is 5.49. The number of benzene rings is 1. The standard InChI is InChI=1S/C25H25N7O2S2/c26-15-22(33)32-12-9-17(10-13-32)23-29-25(36-31-23)30-24-20(34-18-6-2-1-3-7-18)14-19(16-28-24)35-21-8-4-5-11-27-21/h1-8,11,14,16-17H,9-10,12-13,15,26H2,(H,28,29,30,31). The zero-order valence-electron chi connectivity index (χ0n) is 19.4. The Balaban J connectivity index is 1.32. The van der Waals surface area contributed by atoms with Crippen LogP contribution in [0, 0.1) is 0 Å². The van der Waals surface area contributed by atoms with Gasteiger partial charge in [-0.2, -0.15) is 4.37 Å².